The lowest BCUT2D eigenvalue weighted by molar-refractivity contribution is -0.132. The highest BCUT2D eigenvalue weighted by atomic mass is 79.9. The molecule has 0 aromatic heterocycles. The van der Waals surface area contributed by atoms with Crippen molar-refractivity contribution >= 4 is 21.8 Å². The van der Waals surface area contributed by atoms with Gasteiger partial charge in [-0.15, -0.1) is 0 Å². The van der Waals surface area contributed by atoms with Gasteiger partial charge in [-0.3, -0.25) is 4.79 Å². The number of carbonyl (C=O) groups is 1. The first-order valence-corrected chi connectivity index (χ1v) is 8.85. The fourth-order valence-corrected chi connectivity index (χ4v) is 3.53. The van der Waals surface area contributed by atoms with Gasteiger partial charge in [0.1, 0.15) is 5.75 Å². The van der Waals surface area contributed by atoms with Gasteiger partial charge in [0.2, 0.25) is 5.91 Å². The van der Waals surface area contributed by atoms with Crippen molar-refractivity contribution in [3.8, 4) is 5.75 Å². The molecule has 116 valence electrons. The first-order chi connectivity index (χ1) is 10.2. The quantitative estimate of drug-likeness (QED) is 0.753. The van der Waals surface area contributed by atoms with Gasteiger partial charge in [-0.25, -0.2) is 0 Å². The van der Waals surface area contributed by atoms with E-state index < -0.39 is 0 Å². The third-order valence-corrected chi connectivity index (χ3v) is 4.91. The Bertz CT molecular complexity index is 447. The van der Waals surface area contributed by atoms with E-state index >= 15 is 0 Å². The Kier molecular flexibility index (Phi) is 6.55. The SMILES string of the molecule is COc1ccc(CCC(=O)N2CCCCCC2CBr)cc1. The van der Waals surface area contributed by atoms with Crippen LogP contribution in [0.3, 0.4) is 0 Å². The number of hydrogen-bond donors (Lipinski definition) is 0. The van der Waals surface area contributed by atoms with Gasteiger partial charge in [0.25, 0.3) is 0 Å². The van der Waals surface area contributed by atoms with Crippen molar-refractivity contribution in [3.63, 3.8) is 0 Å². The van der Waals surface area contributed by atoms with E-state index in [1.54, 1.807) is 7.11 Å². The van der Waals surface area contributed by atoms with E-state index in [-0.39, 0.29) is 5.91 Å². The van der Waals surface area contributed by atoms with Crippen molar-refractivity contribution in [2.24, 2.45) is 0 Å². The molecule has 0 spiro atoms. The number of halogens is 1. The number of rotatable bonds is 5. The predicted octanol–water partition coefficient (Wildman–Crippen LogP) is 3.79. The number of nitrogens with zero attached hydrogens (tertiary/aromatic N) is 1. The van der Waals surface area contributed by atoms with Crippen LogP contribution in [0.15, 0.2) is 24.3 Å². The van der Waals surface area contributed by atoms with Crippen LogP contribution >= 0.6 is 15.9 Å². The molecule has 2 rings (SSSR count). The number of aryl methyl sites for hydroxylation is 1. The number of likely N-dealkylation sites (tertiary alicyclic amines) is 1. The molecular weight excluding hydrogens is 330 g/mol. The molecule has 0 bridgehead atoms. The number of ether oxygens (including phenoxy) is 1. The lowest BCUT2D eigenvalue weighted by Crippen LogP contribution is -2.41. The summed E-state index contributed by atoms with van der Waals surface area (Å²) in [6, 6.07) is 8.35. The van der Waals surface area contributed by atoms with Crippen LogP contribution in [-0.4, -0.2) is 35.8 Å². The summed E-state index contributed by atoms with van der Waals surface area (Å²) in [6.45, 7) is 0.914. The van der Waals surface area contributed by atoms with Crippen LogP contribution in [0.25, 0.3) is 0 Å². The van der Waals surface area contributed by atoms with Gasteiger partial charge in [0.15, 0.2) is 0 Å². The second-order valence-corrected chi connectivity index (χ2v) is 6.24. The second kappa shape index (κ2) is 8.42. The molecule has 1 atom stereocenters. The topological polar surface area (TPSA) is 29.5 Å². The van der Waals surface area contributed by atoms with Gasteiger partial charge < -0.3 is 9.64 Å². The fourth-order valence-electron chi connectivity index (χ4n) is 2.85. The average molecular weight is 354 g/mol. The van der Waals surface area contributed by atoms with Crippen LogP contribution in [0.1, 0.15) is 37.7 Å². The molecule has 3 nitrogen and oxygen atoms in total. The zero-order valence-electron chi connectivity index (χ0n) is 12.7. The van der Waals surface area contributed by atoms with E-state index in [0.29, 0.717) is 12.5 Å². The molecule has 0 radical (unpaired) electrons. The first kappa shape index (κ1) is 16.3. The minimum Gasteiger partial charge on any atom is -0.497 e. The van der Waals surface area contributed by atoms with Crippen molar-refractivity contribution in [1.82, 2.24) is 4.90 Å². The molecule has 4 heteroatoms. The highest BCUT2D eigenvalue weighted by molar-refractivity contribution is 9.09. The highest BCUT2D eigenvalue weighted by Gasteiger charge is 2.23. The maximum atomic E-state index is 12.5. The van der Waals surface area contributed by atoms with E-state index in [1.165, 1.54) is 18.4 Å². The number of alkyl halides is 1. The van der Waals surface area contributed by atoms with Gasteiger partial charge in [-0.1, -0.05) is 40.9 Å². The van der Waals surface area contributed by atoms with Gasteiger partial charge >= 0.3 is 0 Å². The van der Waals surface area contributed by atoms with Crippen LogP contribution in [-0.2, 0) is 11.2 Å². The Hall–Kier alpha value is -1.03. The standard InChI is InChI=1S/C17H24BrNO2/c1-21-16-9-6-14(7-10-16)8-11-17(20)19-12-4-2-3-5-15(19)13-18/h6-7,9-10,15H,2-5,8,11-13H2,1H3. The molecule has 1 fully saturated rings. The van der Waals surface area contributed by atoms with Gasteiger partial charge in [-0.2, -0.15) is 0 Å². The van der Waals surface area contributed by atoms with Crippen molar-refractivity contribution in [2.45, 2.75) is 44.6 Å². The zero-order chi connectivity index (χ0) is 15.1. The van der Waals surface area contributed by atoms with Crippen molar-refractivity contribution in [2.75, 3.05) is 19.0 Å². The normalized spacial score (nSPS) is 19.1. The molecule has 1 saturated heterocycles. The summed E-state index contributed by atoms with van der Waals surface area (Å²) in [5, 5.41) is 0.890. The molecule has 0 saturated carbocycles. The average Bonchev–Trinajstić information content (AvgIpc) is 2.78. The van der Waals surface area contributed by atoms with Crippen LogP contribution in [0.2, 0.25) is 0 Å². The van der Waals surface area contributed by atoms with E-state index in [9.17, 15) is 4.79 Å². The molecule has 1 unspecified atom stereocenters. The number of hydrogen-bond acceptors (Lipinski definition) is 2. The molecule has 21 heavy (non-hydrogen) atoms. The summed E-state index contributed by atoms with van der Waals surface area (Å²) in [5.74, 6) is 1.15. The Balaban J connectivity index is 1.89. The Morgan fingerprint density at radius 2 is 2.05 bits per heavy atom. The summed E-state index contributed by atoms with van der Waals surface area (Å²) in [7, 11) is 1.66. The number of amides is 1. The summed E-state index contributed by atoms with van der Waals surface area (Å²) >= 11 is 3.56. The Morgan fingerprint density at radius 3 is 2.71 bits per heavy atom. The van der Waals surface area contributed by atoms with E-state index in [2.05, 4.69) is 20.8 Å². The van der Waals surface area contributed by atoms with Crippen LogP contribution in [0, 0.1) is 0 Å². The van der Waals surface area contributed by atoms with E-state index in [0.717, 1.165) is 36.9 Å². The van der Waals surface area contributed by atoms with Gasteiger partial charge in [-0.05, 0) is 37.0 Å². The smallest absolute Gasteiger partial charge is 0.223 e. The molecule has 1 aromatic rings. The fraction of sp³-hybridized carbons (Fsp3) is 0.588. The number of methoxy groups -OCH3 is 1. The summed E-state index contributed by atoms with van der Waals surface area (Å²) in [6.07, 6.45) is 6.13. The summed E-state index contributed by atoms with van der Waals surface area (Å²) in [4.78, 5) is 14.6. The van der Waals surface area contributed by atoms with Crippen LogP contribution in [0.5, 0.6) is 5.75 Å². The van der Waals surface area contributed by atoms with Crippen molar-refractivity contribution in [1.29, 1.82) is 0 Å². The maximum absolute atomic E-state index is 12.5. The Morgan fingerprint density at radius 1 is 1.29 bits per heavy atom. The minimum absolute atomic E-state index is 0.289. The van der Waals surface area contributed by atoms with E-state index in [4.69, 9.17) is 4.74 Å². The zero-order valence-corrected chi connectivity index (χ0v) is 14.3. The van der Waals surface area contributed by atoms with Crippen molar-refractivity contribution in [3.05, 3.63) is 29.8 Å². The van der Waals surface area contributed by atoms with Crippen molar-refractivity contribution < 1.29 is 9.53 Å². The second-order valence-electron chi connectivity index (χ2n) is 5.59. The number of benzene rings is 1. The largest absolute Gasteiger partial charge is 0.497 e. The third-order valence-electron chi connectivity index (χ3n) is 4.16. The molecule has 0 N–H and O–H groups in total. The molecule has 1 aliphatic rings. The van der Waals surface area contributed by atoms with Crippen LogP contribution in [0.4, 0.5) is 0 Å². The lowest BCUT2D eigenvalue weighted by atomic mass is 10.1. The summed E-state index contributed by atoms with van der Waals surface area (Å²) in [5.41, 5.74) is 1.19. The molecule has 1 aromatic carbocycles. The highest BCUT2D eigenvalue weighted by Crippen LogP contribution is 2.20. The molecule has 1 aliphatic heterocycles. The molecular formula is C17H24BrNO2. The minimum atomic E-state index is 0.289. The molecule has 0 aliphatic carbocycles. The van der Waals surface area contributed by atoms with Gasteiger partial charge in [0.05, 0.1) is 7.11 Å². The monoisotopic (exact) mass is 353 g/mol. The van der Waals surface area contributed by atoms with Crippen LogP contribution < -0.4 is 4.74 Å². The third kappa shape index (κ3) is 4.73. The first-order valence-electron chi connectivity index (χ1n) is 7.73. The Labute approximate surface area is 135 Å². The van der Waals surface area contributed by atoms with Gasteiger partial charge in [0, 0.05) is 24.3 Å². The maximum Gasteiger partial charge on any atom is 0.223 e. The predicted molar refractivity (Wildman–Crippen MR) is 89.1 cm³/mol. The van der Waals surface area contributed by atoms with E-state index in [1.807, 2.05) is 24.3 Å². The number of carbonyl (C=O) groups excluding carboxylic acids is 1. The summed E-state index contributed by atoms with van der Waals surface area (Å²) < 4.78 is 5.15. The lowest BCUT2D eigenvalue weighted by Gasteiger charge is -2.28. The molecule has 1 amide bonds. The molecule has 1 heterocycles.